The summed E-state index contributed by atoms with van der Waals surface area (Å²) in [5.74, 6) is 0.780. The Morgan fingerprint density at radius 2 is 1.87 bits per heavy atom. The molecule has 2 aromatic carbocycles. The number of ether oxygens (including phenoxy) is 1. The van der Waals surface area contributed by atoms with Crippen molar-refractivity contribution >= 4 is 16.5 Å². The van der Waals surface area contributed by atoms with Crippen LogP contribution >= 0.6 is 0 Å². The Balaban J connectivity index is 2.82. The summed E-state index contributed by atoms with van der Waals surface area (Å²) in [6.45, 7) is 0. The van der Waals surface area contributed by atoms with Gasteiger partial charge in [-0.1, -0.05) is 29.4 Å². The topological polar surface area (TPSA) is 58.0 Å². The van der Waals surface area contributed by atoms with Crippen LogP contribution in [0.15, 0.2) is 41.5 Å². The number of benzene rings is 2. The lowest BCUT2D eigenvalue weighted by Crippen LogP contribution is -1.84. The van der Waals surface area contributed by atoms with E-state index in [2.05, 4.69) is 10.0 Å². The second-order valence-corrected chi connectivity index (χ2v) is 3.02. The van der Waals surface area contributed by atoms with E-state index in [1.807, 2.05) is 24.3 Å². The van der Waals surface area contributed by atoms with Gasteiger partial charge in [-0.25, -0.2) is 0 Å². The lowest BCUT2D eigenvalue weighted by molar-refractivity contribution is 0.420. The first-order chi connectivity index (χ1) is 7.36. The normalized spacial score (nSPS) is 9.67. The van der Waals surface area contributed by atoms with Crippen LogP contribution in [0.2, 0.25) is 0 Å². The van der Waals surface area contributed by atoms with Crippen LogP contribution in [0.25, 0.3) is 21.2 Å². The lowest BCUT2D eigenvalue weighted by Gasteiger charge is -2.06. The molecule has 0 bridgehead atoms. The maximum Gasteiger partial charge on any atom is 0.126 e. The third-order valence-corrected chi connectivity index (χ3v) is 2.23. The Morgan fingerprint density at radius 3 is 2.53 bits per heavy atom. The first-order valence-corrected chi connectivity index (χ1v) is 4.47. The molecule has 0 radical (unpaired) electrons. The predicted octanol–water partition coefficient (Wildman–Crippen LogP) is 3.79. The first-order valence-electron chi connectivity index (χ1n) is 4.47. The molecule has 0 amide bonds. The van der Waals surface area contributed by atoms with Gasteiger partial charge in [0.2, 0.25) is 0 Å². The van der Waals surface area contributed by atoms with Gasteiger partial charge in [0.05, 0.1) is 7.11 Å². The van der Waals surface area contributed by atoms with Gasteiger partial charge >= 0.3 is 0 Å². The van der Waals surface area contributed by atoms with Crippen molar-refractivity contribution in [1.82, 2.24) is 0 Å². The van der Waals surface area contributed by atoms with Gasteiger partial charge in [-0.3, -0.25) is 0 Å². The average Bonchev–Trinajstić information content (AvgIpc) is 2.30. The molecule has 0 aromatic heterocycles. The number of hydrogen-bond acceptors (Lipinski definition) is 2. The van der Waals surface area contributed by atoms with E-state index < -0.39 is 0 Å². The minimum Gasteiger partial charge on any atom is -0.496 e. The summed E-state index contributed by atoms with van der Waals surface area (Å²) in [5.41, 5.74) is 9.05. The highest BCUT2D eigenvalue weighted by Crippen LogP contribution is 2.32. The van der Waals surface area contributed by atoms with Gasteiger partial charge in [0.25, 0.3) is 0 Å². The van der Waals surface area contributed by atoms with Crippen molar-refractivity contribution in [3.63, 3.8) is 0 Å². The maximum atomic E-state index is 8.43. The van der Waals surface area contributed by atoms with Crippen LogP contribution in [0.1, 0.15) is 0 Å². The Kier molecular flexibility index (Phi) is 2.44. The fraction of sp³-hybridized carbons (Fsp3) is 0.0909. The smallest absolute Gasteiger partial charge is 0.126 e. The molecule has 0 saturated carbocycles. The van der Waals surface area contributed by atoms with Crippen LogP contribution in [0.5, 0.6) is 5.75 Å². The van der Waals surface area contributed by atoms with Gasteiger partial charge in [-0.2, -0.15) is 0 Å². The zero-order chi connectivity index (χ0) is 10.7. The molecule has 15 heavy (non-hydrogen) atoms. The number of fused-ring (bicyclic) bond motifs is 1. The molecule has 74 valence electrons. The maximum absolute atomic E-state index is 8.43. The molecule has 0 heterocycles. The summed E-state index contributed by atoms with van der Waals surface area (Å²) >= 11 is 0. The minimum atomic E-state index is 0.619. The largest absolute Gasteiger partial charge is 0.496 e. The average molecular weight is 199 g/mol. The Hall–Kier alpha value is -2.19. The van der Waals surface area contributed by atoms with Crippen molar-refractivity contribution < 1.29 is 4.74 Å². The molecule has 0 aliphatic heterocycles. The van der Waals surface area contributed by atoms with E-state index in [1.54, 1.807) is 19.2 Å². The standard InChI is InChI=1S/C11H9N3O/c1-15-11-7-6-10(13-14-12)8-4-2-3-5-9(8)11/h2-7H,1H3. The zero-order valence-electron chi connectivity index (χ0n) is 8.21. The van der Waals surface area contributed by atoms with E-state index in [0.29, 0.717) is 5.69 Å². The number of rotatable bonds is 2. The fourth-order valence-electron chi connectivity index (χ4n) is 1.57. The van der Waals surface area contributed by atoms with E-state index in [4.69, 9.17) is 10.3 Å². The van der Waals surface area contributed by atoms with Crippen LogP contribution in [-0.2, 0) is 0 Å². The number of hydrogen-bond donors (Lipinski definition) is 0. The molecule has 0 aliphatic rings. The second-order valence-electron chi connectivity index (χ2n) is 3.02. The van der Waals surface area contributed by atoms with Crippen molar-refractivity contribution in [3.05, 3.63) is 46.8 Å². The number of azide groups is 1. The molecule has 2 rings (SSSR count). The highest BCUT2D eigenvalue weighted by molar-refractivity contribution is 5.96. The van der Waals surface area contributed by atoms with Crippen molar-refractivity contribution in [2.75, 3.05) is 7.11 Å². The molecule has 0 spiro atoms. The van der Waals surface area contributed by atoms with Crippen LogP contribution in [-0.4, -0.2) is 7.11 Å². The fourth-order valence-corrected chi connectivity index (χ4v) is 1.57. The summed E-state index contributed by atoms with van der Waals surface area (Å²) < 4.78 is 5.23. The SMILES string of the molecule is COc1ccc(N=[N+]=[N-])c2ccccc12. The first kappa shape index (κ1) is 9.37. The Bertz CT molecular complexity index is 545. The highest BCUT2D eigenvalue weighted by Gasteiger charge is 2.03. The molecule has 4 nitrogen and oxygen atoms in total. The van der Waals surface area contributed by atoms with E-state index in [9.17, 15) is 0 Å². The zero-order valence-corrected chi connectivity index (χ0v) is 8.21. The second kappa shape index (κ2) is 3.90. The minimum absolute atomic E-state index is 0.619. The van der Waals surface area contributed by atoms with Crippen molar-refractivity contribution in [3.8, 4) is 5.75 Å². The molecular weight excluding hydrogens is 190 g/mol. The Morgan fingerprint density at radius 1 is 1.13 bits per heavy atom. The monoisotopic (exact) mass is 199 g/mol. The van der Waals surface area contributed by atoms with E-state index in [-0.39, 0.29) is 0 Å². The van der Waals surface area contributed by atoms with Gasteiger partial charge in [0, 0.05) is 16.0 Å². The molecule has 0 atom stereocenters. The van der Waals surface area contributed by atoms with E-state index in [1.165, 1.54) is 0 Å². The van der Waals surface area contributed by atoms with Crippen molar-refractivity contribution in [2.45, 2.75) is 0 Å². The van der Waals surface area contributed by atoms with Crippen LogP contribution in [0, 0.1) is 0 Å². The van der Waals surface area contributed by atoms with Crippen LogP contribution in [0.4, 0.5) is 5.69 Å². The molecule has 0 N–H and O–H groups in total. The molecule has 0 saturated heterocycles. The summed E-state index contributed by atoms with van der Waals surface area (Å²) in [5, 5.41) is 5.48. The molecule has 0 aliphatic carbocycles. The van der Waals surface area contributed by atoms with Gasteiger partial charge in [-0.15, -0.1) is 0 Å². The summed E-state index contributed by atoms with van der Waals surface area (Å²) in [4.78, 5) is 2.80. The van der Waals surface area contributed by atoms with E-state index >= 15 is 0 Å². The van der Waals surface area contributed by atoms with Gasteiger partial charge in [-0.05, 0) is 23.1 Å². The predicted molar refractivity (Wildman–Crippen MR) is 59.3 cm³/mol. The third kappa shape index (κ3) is 1.58. The lowest BCUT2D eigenvalue weighted by atomic mass is 10.1. The summed E-state index contributed by atoms with van der Waals surface area (Å²) in [6.07, 6.45) is 0. The van der Waals surface area contributed by atoms with E-state index in [0.717, 1.165) is 16.5 Å². The third-order valence-electron chi connectivity index (χ3n) is 2.23. The Labute approximate surface area is 86.7 Å². The molecule has 0 fully saturated rings. The van der Waals surface area contributed by atoms with Gasteiger partial charge < -0.3 is 4.74 Å². The van der Waals surface area contributed by atoms with Crippen molar-refractivity contribution in [2.24, 2.45) is 5.11 Å². The highest BCUT2D eigenvalue weighted by atomic mass is 16.5. The molecule has 0 unspecified atom stereocenters. The summed E-state index contributed by atoms with van der Waals surface area (Å²) in [6, 6.07) is 11.2. The van der Waals surface area contributed by atoms with Crippen molar-refractivity contribution in [1.29, 1.82) is 0 Å². The van der Waals surface area contributed by atoms with Crippen LogP contribution in [0.3, 0.4) is 0 Å². The van der Waals surface area contributed by atoms with Gasteiger partial charge in [0.1, 0.15) is 5.75 Å². The quantitative estimate of drug-likeness (QED) is 0.412. The van der Waals surface area contributed by atoms with Crippen LogP contribution < -0.4 is 4.74 Å². The molecule has 4 heteroatoms. The molecule has 2 aromatic rings. The number of nitrogens with zero attached hydrogens (tertiary/aromatic N) is 3. The summed E-state index contributed by atoms with van der Waals surface area (Å²) in [7, 11) is 1.62. The number of methoxy groups -OCH3 is 1. The molecular formula is C11H9N3O. The van der Waals surface area contributed by atoms with Gasteiger partial charge in [0.15, 0.2) is 0 Å².